The van der Waals surface area contributed by atoms with Crippen LogP contribution in [0.3, 0.4) is 0 Å². The van der Waals surface area contributed by atoms with Crippen LogP contribution in [0.25, 0.3) is 0 Å². The van der Waals surface area contributed by atoms with Crippen molar-refractivity contribution in [3.05, 3.63) is 15.3 Å². The topological polar surface area (TPSA) is 51.2 Å². The smallest absolute Gasteiger partial charge is 0.263 e. The maximum atomic E-state index is 11.0. The van der Waals surface area contributed by atoms with Gasteiger partial charge in [-0.25, -0.2) is 0 Å². The van der Waals surface area contributed by atoms with Crippen LogP contribution in [0.2, 0.25) is 0 Å². The van der Waals surface area contributed by atoms with Crippen molar-refractivity contribution < 1.29 is 14.4 Å². The molecule has 0 spiro atoms. The highest BCUT2D eigenvalue weighted by molar-refractivity contribution is 7.80. The molecule has 3 nitrogen and oxygen atoms in total. The average molecular weight is 304 g/mol. The van der Waals surface area contributed by atoms with E-state index in [2.05, 4.69) is 12.6 Å². The molecule has 0 atom stereocenters. The van der Waals surface area contributed by atoms with E-state index in [9.17, 15) is 14.4 Å². The first-order chi connectivity index (χ1) is 6.86. The van der Waals surface area contributed by atoms with E-state index in [0.29, 0.717) is 11.3 Å². The lowest BCUT2D eigenvalue weighted by molar-refractivity contribution is 0.105. The first-order valence-corrected chi connectivity index (χ1v) is 5.71. The largest absolute Gasteiger partial charge is 0.276 e. The van der Waals surface area contributed by atoms with Gasteiger partial charge in [-0.2, -0.15) is 0 Å². The molecule has 1 heterocycles. The minimum atomic E-state index is -0.913. The summed E-state index contributed by atoms with van der Waals surface area (Å²) in [7, 11) is 0. The predicted octanol–water partition coefficient (Wildman–Crippen LogP) is 3.17. The summed E-state index contributed by atoms with van der Waals surface area (Å²) in [5.74, 6) is 0. The molecule has 0 aliphatic rings. The summed E-state index contributed by atoms with van der Waals surface area (Å²) in [5.41, 5.74) is -0.186. The third kappa shape index (κ3) is 2.54. The quantitative estimate of drug-likeness (QED) is 0.689. The monoisotopic (exact) mass is 302 g/mol. The van der Waals surface area contributed by atoms with Crippen molar-refractivity contribution in [2.45, 2.75) is 4.90 Å². The summed E-state index contributed by atoms with van der Waals surface area (Å²) in [5, 5.41) is -2.62. The fourth-order valence-electron chi connectivity index (χ4n) is 0.876. The molecule has 1 rings (SSSR count). The third-order valence-electron chi connectivity index (χ3n) is 1.44. The van der Waals surface area contributed by atoms with Crippen molar-refractivity contribution in [1.29, 1.82) is 0 Å². The van der Waals surface area contributed by atoms with Gasteiger partial charge in [-0.05, 0) is 34.8 Å². The van der Waals surface area contributed by atoms with Crippen LogP contribution >= 0.6 is 58.8 Å². The van der Waals surface area contributed by atoms with Crippen molar-refractivity contribution >= 4 is 74.5 Å². The summed E-state index contributed by atoms with van der Waals surface area (Å²) in [6.07, 6.45) is 0. The third-order valence-corrected chi connectivity index (χ3v) is 4.01. The number of thiol groups is 1. The zero-order valence-corrected chi connectivity index (χ0v) is 10.7. The van der Waals surface area contributed by atoms with E-state index >= 15 is 0 Å². The van der Waals surface area contributed by atoms with Crippen LogP contribution in [-0.2, 0) is 0 Å². The number of thiophene rings is 1. The molecule has 0 aliphatic heterocycles. The van der Waals surface area contributed by atoms with Gasteiger partial charge in [0.25, 0.3) is 15.7 Å². The second-order valence-electron chi connectivity index (χ2n) is 2.31. The van der Waals surface area contributed by atoms with Gasteiger partial charge in [0, 0.05) is 4.90 Å². The molecule has 0 saturated carbocycles. The maximum Gasteiger partial charge on any atom is 0.263 e. The Kier molecular flexibility index (Phi) is 4.20. The molecule has 8 heteroatoms. The molecule has 1 aromatic rings. The van der Waals surface area contributed by atoms with Gasteiger partial charge < -0.3 is 0 Å². The summed E-state index contributed by atoms with van der Waals surface area (Å²) in [6.45, 7) is 0. The molecule has 0 aromatic carbocycles. The Bertz CT molecular complexity index is 466. The Morgan fingerprint density at radius 1 is 0.933 bits per heavy atom. The van der Waals surface area contributed by atoms with E-state index in [1.165, 1.54) is 0 Å². The number of hydrogen-bond acceptors (Lipinski definition) is 5. The molecule has 0 unspecified atom stereocenters. The molecule has 0 radical (unpaired) electrons. The number of rotatable bonds is 3. The Balaban J connectivity index is 3.53. The molecular formula is C7HCl3O3S2. The fraction of sp³-hybridized carbons (Fsp3) is 0. The van der Waals surface area contributed by atoms with Gasteiger partial charge in [-0.1, -0.05) is 0 Å². The lowest BCUT2D eigenvalue weighted by atomic mass is 10.2. The molecule has 0 amide bonds. The highest BCUT2D eigenvalue weighted by Crippen LogP contribution is 2.34. The number of carbonyl (C=O) groups is 3. The van der Waals surface area contributed by atoms with Crippen molar-refractivity contribution in [3.8, 4) is 0 Å². The molecule has 80 valence electrons. The Morgan fingerprint density at radius 2 is 1.40 bits per heavy atom. The van der Waals surface area contributed by atoms with E-state index < -0.39 is 15.7 Å². The molecule has 1 aromatic heterocycles. The minimum Gasteiger partial charge on any atom is -0.276 e. The van der Waals surface area contributed by atoms with Crippen LogP contribution < -0.4 is 0 Å². The molecular weight excluding hydrogens is 303 g/mol. The van der Waals surface area contributed by atoms with Gasteiger partial charge >= 0.3 is 0 Å². The standard InChI is InChI=1S/C7HCl3O3S2/c8-5(11)1-2(14)4(7(10)13)15-3(1)6(9)12/h14H. The molecule has 0 fully saturated rings. The van der Waals surface area contributed by atoms with Gasteiger partial charge in [0.15, 0.2) is 0 Å². The van der Waals surface area contributed by atoms with Crippen molar-refractivity contribution in [2.75, 3.05) is 0 Å². The van der Waals surface area contributed by atoms with E-state index in [4.69, 9.17) is 34.8 Å². The Morgan fingerprint density at radius 3 is 1.67 bits per heavy atom. The molecule has 0 bridgehead atoms. The Labute approximate surface area is 109 Å². The second-order valence-corrected chi connectivity index (χ2v) is 4.80. The number of carbonyl (C=O) groups excluding carboxylic acids is 3. The van der Waals surface area contributed by atoms with E-state index in [-0.39, 0.29) is 20.2 Å². The maximum absolute atomic E-state index is 11.0. The SMILES string of the molecule is O=C(Cl)c1sc(C(=O)Cl)c(C(=O)Cl)c1S. The molecule has 0 N–H and O–H groups in total. The number of halogens is 3. The Hall–Kier alpha value is -0.0700. The van der Waals surface area contributed by atoms with Gasteiger partial charge in [0.05, 0.1) is 5.56 Å². The van der Waals surface area contributed by atoms with Crippen LogP contribution in [0.5, 0.6) is 0 Å². The fourth-order valence-corrected chi connectivity index (χ4v) is 3.06. The minimum absolute atomic E-state index is 0.0241. The normalized spacial score (nSPS) is 10.1. The van der Waals surface area contributed by atoms with Crippen LogP contribution in [0.4, 0.5) is 0 Å². The molecule has 15 heavy (non-hydrogen) atoms. The summed E-state index contributed by atoms with van der Waals surface area (Å²) >= 11 is 20.2. The predicted molar refractivity (Wildman–Crippen MR) is 62.1 cm³/mol. The van der Waals surface area contributed by atoms with Gasteiger partial charge in [-0.15, -0.1) is 24.0 Å². The number of hydrogen-bond donors (Lipinski definition) is 1. The average Bonchev–Trinajstić information content (AvgIpc) is 2.42. The zero-order chi connectivity index (χ0) is 11.7. The summed E-state index contributed by atoms with van der Waals surface area (Å²) in [6, 6.07) is 0. The van der Waals surface area contributed by atoms with Gasteiger partial charge in [-0.3, -0.25) is 14.4 Å². The van der Waals surface area contributed by atoms with Crippen molar-refractivity contribution in [3.63, 3.8) is 0 Å². The van der Waals surface area contributed by atoms with E-state index in [1.807, 2.05) is 0 Å². The van der Waals surface area contributed by atoms with Gasteiger partial charge in [0.2, 0.25) is 0 Å². The molecule has 0 aliphatic carbocycles. The van der Waals surface area contributed by atoms with E-state index in [1.54, 1.807) is 0 Å². The lowest BCUT2D eigenvalue weighted by Gasteiger charge is -1.93. The van der Waals surface area contributed by atoms with Crippen molar-refractivity contribution in [2.24, 2.45) is 0 Å². The summed E-state index contributed by atoms with van der Waals surface area (Å²) in [4.78, 5) is 32.6. The first-order valence-electron chi connectivity index (χ1n) is 3.31. The lowest BCUT2D eigenvalue weighted by Crippen LogP contribution is -1.96. The van der Waals surface area contributed by atoms with Crippen molar-refractivity contribution in [1.82, 2.24) is 0 Å². The first kappa shape index (κ1) is 13.0. The summed E-state index contributed by atoms with van der Waals surface area (Å²) < 4.78 is 0. The second kappa shape index (κ2) is 4.84. The van der Waals surface area contributed by atoms with Crippen LogP contribution in [0, 0.1) is 0 Å². The van der Waals surface area contributed by atoms with Crippen LogP contribution in [-0.4, -0.2) is 15.7 Å². The molecule has 0 saturated heterocycles. The van der Waals surface area contributed by atoms with Crippen LogP contribution in [0.15, 0.2) is 4.90 Å². The van der Waals surface area contributed by atoms with Crippen LogP contribution in [0.1, 0.15) is 29.7 Å². The van der Waals surface area contributed by atoms with Gasteiger partial charge in [0.1, 0.15) is 9.75 Å². The zero-order valence-electron chi connectivity index (χ0n) is 6.71. The highest BCUT2D eigenvalue weighted by Gasteiger charge is 2.26. The van der Waals surface area contributed by atoms with E-state index in [0.717, 1.165) is 0 Å². The highest BCUT2D eigenvalue weighted by atomic mass is 35.5.